The average Bonchev–Trinajstić information content (AvgIpc) is 2.95. The molecule has 0 saturated carbocycles. The third-order valence-electron chi connectivity index (χ3n) is 4.29. The van der Waals surface area contributed by atoms with E-state index in [-0.39, 0.29) is 6.03 Å². The Balaban J connectivity index is 1.58. The molecule has 0 radical (unpaired) electrons. The molecule has 0 atom stereocenters. The Morgan fingerprint density at radius 1 is 1.29 bits per heavy atom. The van der Waals surface area contributed by atoms with Crippen LogP contribution >= 0.6 is 0 Å². The second-order valence-electron chi connectivity index (χ2n) is 5.90. The van der Waals surface area contributed by atoms with Crippen molar-refractivity contribution in [2.45, 2.75) is 20.3 Å². The second kappa shape index (κ2) is 6.86. The molecule has 8 heteroatoms. The highest BCUT2D eigenvalue weighted by Crippen LogP contribution is 2.20. The molecule has 1 aliphatic rings. The van der Waals surface area contributed by atoms with Crippen LogP contribution in [0.1, 0.15) is 18.3 Å². The molecule has 0 bridgehead atoms. The molecular formula is C16H23N7O. The maximum atomic E-state index is 12.4. The zero-order valence-electron chi connectivity index (χ0n) is 14.4. The number of urea groups is 1. The SMILES string of the molecule is CCc1nc(NC(=O)N2CCN(c3ccncc3C)CC2)nn1C. The number of hydrogen-bond acceptors (Lipinski definition) is 5. The molecule has 8 nitrogen and oxygen atoms in total. The molecule has 3 rings (SSSR count). The lowest BCUT2D eigenvalue weighted by Gasteiger charge is -2.36. The Morgan fingerprint density at radius 3 is 2.67 bits per heavy atom. The van der Waals surface area contributed by atoms with Gasteiger partial charge in [0.1, 0.15) is 5.82 Å². The zero-order chi connectivity index (χ0) is 17.1. The summed E-state index contributed by atoms with van der Waals surface area (Å²) in [6, 6.07) is 1.88. The standard InChI is InChI=1S/C16H23N7O/c1-4-14-18-15(20-21(14)3)19-16(24)23-9-7-22(8-10-23)13-5-6-17-11-12(13)2/h5-6,11H,4,7-10H2,1-3H3,(H,19,20,24). The molecule has 1 fully saturated rings. The fraction of sp³-hybridized carbons (Fsp3) is 0.500. The monoisotopic (exact) mass is 329 g/mol. The number of amides is 2. The number of hydrogen-bond donors (Lipinski definition) is 1. The normalized spacial score (nSPS) is 14.8. The van der Waals surface area contributed by atoms with Crippen LogP contribution in [0.3, 0.4) is 0 Å². The van der Waals surface area contributed by atoms with E-state index < -0.39 is 0 Å². The van der Waals surface area contributed by atoms with Gasteiger partial charge in [-0.05, 0) is 18.6 Å². The number of rotatable bonds is 3. The summed E-state index contributed by atoms with van der Waals surface area (Å²) in [7, 11) is 1.83. The third kappa shape index (κ3) is 3.32. The summed E-state index contributed by atoms with van der Waals surface area (Å²) in [4.78, 5) is 24.9. The minimum absolute atomic E-state index is 0.144. The minimum Gasteiger partial charge on any atom is -0.368 e. The Bertz CT molecular complexity index is 719. The first kappa shape index (κ1) is 16.2. The number of nitrogens with zero attached hydrogens (tertiary/aromatic N) is 6. The highest BCUT2D eigenvalue weighted by atomic mass is 16.2. The summed E-state index contributed by atoms with van der Waals surface area (Å²) < 4.78 is 1.69. The smallest absolute Gasteiger partial charge is 0.324 e. The molecular weight excluding hydrogens is 306 g/mol. The van der Waals surface area contributed by atoms with Crippen molar-refractivity contribution in [3.63, 3.8) is 0 Å². The van der Waals surface area contributed by atoms with E-state index >= 15 is 0 Å². The lowest BCUT2D eigenvalue weighted by molar-refractivity contribution is 0.208. The summed E-state index contributed by atoms with van der Waals surface area (Å²) in [6.07, 6.45) is 4.45. The third-order valence-corrected chi connectivity index (χ3v) is 4.29. The molecule has 0 aliphatic carbocycles. The number of anilines is 2. The van der Waals surface area contributed by atoms with Gasteiger partial charge in [0, 0.05) is 57.7 Å². The van der Waals surface area contributed by atoms with Crippen LogP contribution in [-0.4, -0.2) is 56.9 Å². The van der Waals surface area contributed by atoms with Crippen LogP contribution in [0.15, 0.2) is 18.5 Å². The maximum absolute atomic E-state index is 12.4. The molecule has 1 N–H and O–H groups in total. The number of carbonyl (C=O) groups excluding carboxylic acids is 1. The van der Waals surface area contributed by atoms with Crippen molar-refractivity contribution in [2.75, 3.05) is 36.4 Å². The highest BCUT2D eigenvalue weighted by Gasteiger charge is 2.23. The Morgan fingerprint density at radius 2 is 2.04 bits per heavy atom. The van der Waals surface area contributed by atoms with E-state index in [1.807, 2.05) is 26.2 Å². The predicted molar refractivity (Wildman–Crippen MR) is 92.2 cm³/mol. The van der Waals surface area contributed by atoms with E-state index in [9.17, 15) is 4.79 Å². The van der Waals surface area contributed by atoms with Crippen molar-refractivity contribution in [2.24, 2.45) is 7.05 Å². The van der Waals surface area contributed by atoms with Crippen molar-refractivity contribution in [1.82, 2.24) is 24.6 Å². The zero-order valence-corrected chi connectivity index (χ0v) is 14.4. The first-order valence-corrected chi connectivity index (χ1v) is 8.20. The summed E-state index contributed by atoms with van der Waals surface area (Å²) in [5, 5.41) is 7.01. The minimum atomic E-state index is -0.144. The van der Waals surface area contributed by atoms with Crippen LogP contribution < -0.4 is 10.2 Å². The molecule has 3 heterocycles. The average molecular weight is 329 g/mol. The van der Waals surface area contributed by atoms with E-state index in [2.05, 4.69) is 32.2 Å². The molecule has 0 spiro atoms. The van der Waals surface area contributed by atoms with Gasteiger partial charge < -0.3 is 9.80 Å². The number of aromatic nitrogens is 4. The van der Waals surface area contributed by atoms with Gasteiger partial charge in [0.15, 0.2) is 0 Å². The lowest BCUT2D eigenvalue weighted by Crippen LogP contribution is -2.50. The van der Waals surface area contributed by atoms with Gasteiger partial charge in [-0.2, -0.15) is 4.98 Å². The van der Waals surface area contributed by atoms with Crippen LogP contribution in [0.5, 0.6) is 0 Å². The summed E-state index contributed by atoms with van der Waals surface area (Å²) >= 11 is 0. The van der Waals surface area contributed by atoms with E-state index in [1.54, 1.807) is 15.8 Å². The topological polar surface area (TPSA) is 79.2 Å². The van der Waals surface area contributed by atoms with Crippen molar-refractivity contribution in [3.8, 4) is 0 Å². The van der Waals surface area contributed by atoms with Gasteiger partial charge in [0.25, 0.3) is 0 Å². The van der Waals surface area contributed by atoms with Gasteiger partial charge >= 0.3 is 6.03 Å². The molecule has 2 aromatic rings. The van der Waals surface area contributed by atoms with E-state index in [1.165, 1.54) is 5.69 Å². The van der Waals surface area contributed by atoms with Crippen LogP contribution in [0.2, 0.25) is 0 Å². The fourth-order valence-electron chi connectivity index (χ4n) is 2.92. The molecule has 1 saturated heterocycles. The molecule has 128 valence electrons. The number of piperazine rings is 1. The van der Waals surface area contributed by atoms with Gasteiger partial charge in [0.2, 0.25) is 5.95 Å². The van der Waals surface area contributed by atoms with Crippen LogP contribution in [0.25, 0.3) is 0 Å². The predicted octanol–water partition coefficient (Wildman–Crippen LogP) is 1.44. The molecule has 24 heavy (non-hydrogen) atoms. The van der Waals surface area contributed by atoms with Gasteiger partial charge in [0.05, 0.1) is 0 Å². The fourth-order valence-corrected chi connectivity index (χ4v) is 2.92. The number of aryl methyl sites for hydroxylation is 3. The number of carbonyl (C=O) groups is 1. The van der Waals surface area contributed by atoms with Gasteiger partial charge in [-0.25, -0.2) is 4.79 Å². The quantitative estimate of drug-likeness (QED) is 0.922. The van der Waals surface area contributed by atoms with Crippen molar-refractivity contribution in [3.05, 3.63) is 29.8 Å². The summed E-state index contributed by atoms with van der Waals surface area (Å²) in [5.74, 6) is 1.22. The molecule has 0 aromatic carbocycles. The molecule has 1 aliphatic heterocycles. The first-order valence-electron chi connectivity index (χ1n) is 8.20. The molecule has 0 unspecified atom stereocenters. The van der Waals surface area contributed by atoms with Gasteiger partial charge in [-0.1, -0.05) is 6.92 Å². The molecule has 2 amide bonds. The Labute approximate surface area is 141 Å². The number of pyridine rings is 1. The van der Waals surface area contributed by atoms with Crippen LogP contribution in [0.4, 0.5) is 16.4 Å². The largest absolute Gasteiger partial charge is 0.368 e. The second-order valence-corrected chi connectivity index (χ2v) is 5.90. The Kier molecular flexibility index (Phi) is 4.64. The number of nitrogens with one attached hydrogen (secondary N) is 1. The summed E-state index contributed by atoms with van der Waals surface area (Å²) in [6.45, 7) is 7.00. The lowest BCUT2D eigenvalue weighted by atomic mass is 10.2. The van der Waals surface area contributed by atoms with Crippen molar-refractivity contribution < 1.29 is 4.79 Å². The highest BCUT2D eigenvalue weighted by molar-refractivity contribution is 5.87. The van der Waals surface area contributed by atoms with Crippen LogP contribution in [-0.2, 0) is 13.5 Å². The first-order chi connectivity index (χ1) is 11.6. The van der Waals surface area contributed by atoms with E-state index in [0.29, 0.717) is 19.0 Å². The maximum Gasteiger partial charge on any atom is 0.324 e. The Hall–Kier alpha value is -2.64. The van der Waals surface area contributed by atoms with Crippen molar-refractivity contribution >= 4 is 17.7 Å². The van der Waals surface area contributed by atoms with E-state index in [0.717, 1.165) is 30.9 Å². The van der Waals surface area contributed by atoms with Crippen molar-refractivity contribution in [1.29, 1.82) is 0 Å². The molecule has 2 aromatic heterocycles. The van der Waals surface area contributed by atoms with Gasteiger partial charge in [-0.15, -0.1) is 5.10 Å². The van der Waals surface area contributed by atoms with E-state index in [4.69, 9.17) is 0 Å². The van der Waals surface area contributed by atoms with Gasteiger partial charge in [-0.3, -0.25) is 15.0 Å². The summed E-state index contributed by atoms with van der Waals surface area (Å²) in [5.41, 5.74) is 2.34. The van der Waals surface area contributed by atoms with Crippen LogP contribution in [0, 0.1) is 6.92 Å².